The number of Topliss-reactive ketones (excluding diaryl/α,β-unsaturated/α-hetero) is 1. The second-order valence-electron chi connectivity index (χ2n) is 7.92. The number of nitrogens with zero attached hydrogens (tertiary/aromatic N) is 2. The maximum absolute atomic E-state index is 14.3. The predicted molar refractivity (Wildman–Crippen MR) is 112 cm³/mol. The molecule has 0 spiro atoms. The minimum atomic E-state index is -1.02. The number of pyridine rings is 2. The zero-order valence-electron chi connectivity index (χ0n) is 17.6. The molecule has 6 nitrogen and oxygen atoms in total. The number of benzene rings is 1. The van der Waals surface area contributed by atoms with Gasteiger partial charge in [0.05, 0.1) is 23.9 Å². The lowest BCUT2D eigenvalue weighted by Gasteiger charge is -2.36. The number of ether oxygens (including phenoxy) is 1. The summed E-state index contributed by atoms with van der Waals surface area (Å²) in [7, 11) is 0. The first kappa shape index (κ1) is 23.0. The number of carbonyl (C=O) groups excluding carboxylic acids is 1. The Morgan fingerprint density at radius 1 is 1.09 bits per heavy atom. The average Bonchev–Trinajstić information content (AvgIpc) is 2.78. The Bertz CT molecular complexity index is 1160. The van der Waals surface area contributed by atoms with Crippen molar-refractivity contribution in [3.8, 4) is 11.3 Å². The molecule has 1 fully saturated rings. The third kappa shape index (κ3) is 4.66. The van der Waals surface area contributed by atoms with Crippen LogP contribution in [0.3, 0.4) is 0 Å². The van der Waals surface area contributed by atoms with Crippen LogP contribution in [-0.2, 0) is 11.2 Å². The highest BCUT2D eigenvalue weighted by Crippen LogP contribution is 2.34. The summed E-state index contributed by atoms with van der Waals surface area (Å²) in [6.07, 6.45) is -0.276. The van der Waals surface area contributed by atoms with Crippen molar-refractivity contribution in [3.05, 3.63) is 83.1 Å². The third-order valence-electron chi connectivity index (χ3n) is 5.68. The van der Waals surface area contributed by atoms with Gasteiger partial charge in [-0.25, -0.2) is 18.2 Å². The van der Waals surface area contributed by atoms with Crippen LogP contribution in [0.1, 0.15) is 41.1 Å². The normalized spacial score (nSPS) is 22.8. The van der Waals surface area contributed by atoms with Crippen molar-refractivity contribution in [2.75, 3.05) is 0 Å². The second kappa shape index (κ2) is 9.38. The monoisotopic (exact) mass is 458 g/mol. The minimum absolute atomic E-state index is 0.127. The number of aliphatic hydroxyl groups excluding tert-OH is 2. The summed E-state index contributed by atoms with van der Waals surface area (Å²) in [4.78, 5) is 20.9. The molecule has 3 aromatic rings. The standard InChI is InChI=1S/C24H21F3N2O4/c1-12-24(32)20(31)10-21(33-12)14-7-8-28-11-13(14)9-19(30)18-6-5-17(27)23(29-18)22-15(25)3-2-4-16(22)26/h2-8,11-12,20-21,24,31-32H,9-10H2,1H3/t12-,20+,21-,24-/m1/s1. The van der Waals surface area contributed by atoms with Crippen LogP contribution in [0.25, 0.3) is 11.3 Å². The average molecular weight is 458 g/mol. The molecule has 0 aliphatic carbocycles. The highest BCUT2D eigenvalue weighted by molar-refractivity contribution is 5.96. The van der Waals surface area contributed by atoms with Crippen molar-refractivity contribution >= 4 is 5.78 Å². The van der Waals surface area contributed by atoms with Crippen LogP contribution in [-0.4, -0.2) is 44.3 Å². The zero-order chi connectivity index (χ0) is 23.7. The molecular formula is C24H21F3N2O4. The lowest BCUT2D eigenvalue weighted by atomic mass is 9.91. The fraction of sp³-hybridized carbons (Fsp3) is 0.292. The van der Waals surface area contributed by atoms with Gasteiger partial charge in [-0.15, -0.1) is 0 Å². The van der Waals surface area contributed by atoms with Gasteiger partial charge in [0.15, 0.2) is 5.78 Å². The maximum atomic E-state index is 14.3. The largest absolute Gasteiger partial charge is 0.390 e. The topological polar surface area (TPSA) is 92.5 Å². The Morgan fingerprint density at radius 3 is 2.52 bits per heavy atom. The zero-order valence-corrected chi connectivity index (χ0v) is 17.6. The Balaban J connectivity index is 1.63. The molecule has 33 heavy (non-hydrogen) atoms. The van der Waals surface area contributed by atoms with E-state index >= 15 is 0 Å². The highest BCUT2D eigenvalue weighted by Gasteiger charge is 2.35. The summed E-state index contributed by atoms with van der Waals surface area (Å²) in [5.74, 6) is -3.48. The molecule has 1 aromatic carbocycles. The lowest BCUT2D eigenvalue weighted by Crippen LogP contribution is -2.44. The number of carbonyl (C=O) groups is 1. The molecule has 9 heteroatoms. The van der Waals surface area contributed by atoms with Crippen molar-refractivity contribution in [1.82, 2.24) is 9.97 Å². The number of rotatable bonds is 5. The van der Waals surface area contributed by atoms with Crippen molar-refractivity contribution < 1.29 is 32.9 Å². The molecule has 1 saturated heterocycles. The van der Waals surface area contributed by atoms with Crippen molar-refractivity contribution in [1.29, 1.82) is 0 Å². The van der Waals surface area contributed by atoms with Gasteiger partial charge in [-0.05, 0) is 48.4 Å². The molecular weight excluding hydrogens is 437 g/mol. The molecule has 0 radical (unpaired) electrons. The van der Waals surface area contributed by atoms with Crippen LogP contribution >= 0.6 is 0 Å². The number of aliphatic hydroxyl groups is 2. The summed E-state index contributed by atoms with van der Waals surface area (Å²) in [6.45, 7) is 1.64. The molecule has 1 aliphatic heterocycles. The van der Waals surface area contributed by atoms with E-state index in [0.29, 0.717) is 11.1 Å². The SMILES string of the molecule is C[C@H]1O[C@@H](c2ccncc2CC(=O)c2ccc(F)c(-c3c(F)cccc3F)n2)C[C@H](O)[C@@H]1O. The first-order valence-corrected chi connectivity index (χ1v) is 10.3. The first-order chi connectivity index (χ1) is 15.8. The van der Waals surface area contributed by atoms with Gasteiger partial charge in [-0.3, -0.25) is 9.78 Å². The number of hydrogen-bond acceptors (Lipinski definition) is 6. The summed E-state index contributed by atoms with van der Waals surface area (Å²) < 4.78 is 48.5. The summed E-state index contributed by atoms with van der Waals surface area (Å²) in [5, 5.41) is 20.0. The molecule has 3 heterocycles. The van der Waals surface area contributed by atoms with Crippen LogP contribution in [0.5, 0.6) is 0 Å². The molecule has 2 N–H and O–H groups in total. The Morgan fingerprint density at radius 2 is 1.82 bits per heavy atom. The molecule has 4 atom stereocenters. The quantitative estimate of drug-likeness (QED) is 0.568. The van der Waals surface area contributed by atoms with E-state index in [9.17, 15) is 28.2 Å². The van der Waals surface area contributed by atoms with E-state index in [0.717, 1.165) is 30.3 Å². The summed E-state index contributed by atoms with van der Waals surface area (Å²) >= 11 is 0. The number of ketones is 1. The fourth-order valence-corrected chi connectivity index (χ4v) is 3.93. The predicted octanol–water partition coefficient (Wildman–Crippen LogP) is 3.56. The first-order valence-electron chi connectivity index (χ1n) is 10.3. The molecule has 1 aliphatic rings. The van der Waals surface area contributed by atoms with E-state index in [1.165, 1.54) is 12.4 Å². The number of aromatic nitrogens is 2. The lowest BCUT2D eigenvalue weighted by molar-refractivity contribution is -0.163. The van der Waals surface area contributed by atoms with Gasteiger partial charge in [0.1, 0.15) is 34.9 Å². The van der Waals surface area contributed by atoms with Gasteiger partial charge in [0.25, 0.3) is 0 Å². The number of hydrogen-bond donors (Lipinski definition) is 2. The van der Waals surface area contributed by atoms with Crippen LogP contribution < -0.4 is 0 Å². The van der Waals surface area contributed by atoms with Gasteiger partial charge in [0.2, 0.25) is 0 Å². The second-order valence-corrected chi connectivity index (χ2v) is 7.92. The van der Waals surface area contributed by atoms with Crippen molar-refractivity contribution in [2.24, 2.45) is 0 Å². The molecule has 2 aromatic heterocycles. The third-order valence-corrected chi connectivity index (χ3v) is 5.68. The Labute approximate surface area is 187 Å². The highest BCUT2D eigenvalue weighted by atomic mass is 19.1. The van der Waals surface area contributed by atoms with Crippen LogP contribution in [0.2, 0.25) is 0 Å². The van der Waals surface area contributed by atoms with Gasteiger partial charge in [-0.1, -0.05) is 6.07 Å². The summed E-state index contributed by atoms with van der Waals surface area (Å²) in [6, 6.07) is 6.85. The van der Waals surface area contributed by atoms with Crippen molar-refractivity contribution in [3.63, 3.8) is 0 Å². The van der Waals surface area contributed by atoms with Gasteiger partial charge in [-0.2, -0.15) is 0 Å². The van der Waals surface area contributed by atoms with Crippen LogP contribution in [0.15, 0.2) is 48.8 Å². The van der Waals surface area contributed by atoms with Gasteiger partial charge < -0.3 is 14.9 Å². The van der Waals surface area contributed by atoms with Crippen LogP contribution in [0.4, 0.5) is 13.2 Å². The number of halogens is 3. The van der Waals surface area contributed by atoms with E-state index < -0.39 is 58.9 Å². The maximum Gasteiger partial charge on any atom is 0.185 e. The Hall–Kier alpha value is -3.14. The van der Waals surface area contributed by atoms with E-state index in [1.807, 2.05) is 0 Å². The smallest absolute Gasteiger partial charge is 0.185 e. The Kier molecular flexibility index (Phi) is 6.55. The molecule has 172 valence electrons. The summed E-state index contributed by atoms with van der Waals surface area (Å²) in [5.41, 5.74) is -0.308. The van der Waals surface area contributed by atoms with Gasteiger partial charge in [0, 0.05) is 25.2 Å². The molecule has 0 amide bonds. The van der Waals surface area contributed by atoms with Gasteiger partial charge >= 0.3 is 0 Å². The molecule has 4 rings (SSSR count). The van der Waals surface area contributed by atoms with E-state index in [2.05, 4.69) is 9.97 Å². The van der Waals surface area contributed by atoms with E-state index in [4.69, 9.17) is 4.74 Å². The van der Waals surface area contributed by atoms with Crippen LogP contribution in [0, 0.1) is 17.5 Å². The minimum Gasteiger partial charge on any atom is -0.390 e. The van der Waals surface area contributed by atoms with E-state index in [-0.39, 0.29) is 18.5 Å². The molecule has 0 bridgehead atoms. The van der Waals surface area contributed by atoms with E-state index in [1.54, 1.807) is 13.0 Å². The molecule has 0 unspecified atom stereocenters. The fourth-order valence-electron chi connectivity index (χ4n) is 3.93. The van der Waals surface area contributed by atoms with Crippen molar-refractivity contribution in [2.45, 2.75) is 44.2 Å². The molecule has 0 saturated carbocycles.